The van der Waals surface area contributed by atoms with Gasteiger partial charge >= 0.3 is 0 Å². The Balaban J connectivity index is 2.38. The molecule has 0 saturated heterocycles. The Hall–Kier alpha value is -1.94. The standard InChI is InChI=1S/C17H19FN2S/c1-17(2,3)12-6-4-5-7-14(12)20-15-9-8-11(16(19)21)10-13(15)18/h4-10,20H,1-3H3,(H2,19,21). The molecule has 0 unspecified atom stereocenters. The van der Waals surface area contributed by atoms with E-state index >= 15 is 0 Å². The lowest BCUT2D eigenvalue weighted by molar-refractivity contribution is 0.592. The minimum atomic E-state index is -0.371. The number of rotatable bonds is 3. The van der Waals surface area contributed by atoms with E-state index in [1.165, 1.54) is 6.07 Å². The van der Waals surface area contributed by atoms with Gasteiger partial charge in [-0.15, -0.1) is 0 Å². The Kier molecular flexibility index (Phi) is 4.28. The molecule has 0 radical (unpaired) electrons. The molecule has 0 fully saturated rings. The van der Waals surface area contributed by atoms with Gasteiger partial charge in [0.25, 0.3) is 0 Å². The Labute approximate surface area is 130 Å². The molecule has 2 aromatic rings. The number of benzene rings is 2. The summed E-state index contributed by atoms with van der Waals surface area (Å²) in [6, 6.07) is 12.6. The molecule has 2 rings (SSSR count). The number of para-hydroxylation sites is 1. The third-order valence-corrected chi connectivity index (χ3v) is 3.49. The van der Waals surface area contributed by atoms with Gasteiger partial charge in [0, 0.05) is 11.3 Å². The largest absolute Gasteiger partial charge is 0.389 e. The summed E-state index contributed by atoms with van der Waals surface area (Å²) in [4.78, 5) is 0.190. The van der Waals surface area contributed by atoms with Crippen LogP contribution in [0.5, 0.6) is 0 Å². The monoisotopic (exact) mass is 302 g/mol. The van der Waals surface area contributed by atoms with E-state index in [-0.39, 0.29) is 16.2 Å². The Morgan fingerprint density at radius 3 is 2.33 bits per heavy atom. The quantitative estimate of drug-likeness (QED) is 0.820. The number of hydrogen-bond donors (Lipinski definition) is 2. The molecule has 0 aromatic heterocycles. The Bertz CT molecular complexity index is 675. The average Bonchev–Trinajstić information content (AvgIpc) is 2.40. The van der Waals surface area contributed by atoms with E-state index in [0.29, 0.717) is 11.3 Å². The van der Waals surface area contributed by atoms with Crippen LogP contribution in [0.15, 0.2) is 42.5 Å². The minimum absolute atomic E-state index is 0.0289. The summed E-state index contributed by atoms with van der Waals surface area (Å²) in [5, 5.41) is 3.15. The zero-order valence-electron chi connectivity index (χ0n) is 12.4. The van der Waals surface area contributed by atoms with E-state index in [1.807, 2.05) is 24.3 Å². The molecule has 2 nitrogen and oxygen atoms in total. The van der Waals surface area contributed by atoms with E-state index in [4.69, 9.17) is 18.0 Å². The van der Waals surface area contributed by atoms with Gasteiger partial charge in [0.2, 0.25) is 0 Å². The maximum absolute atomic E-state index is 14.1. The number of thiocarbonyl (C=S) groups is 1. The highest BCUT2D eigenvalue weighted by atomic mass is 32.1. The van der Waals surface area contributed by atoms with Crippen molar-refractivity contribution >= 4 is 28.6 Å². The SMILES string of the molecule is CC(C)(C)c1ccccc1Nc1ccc(C(N)=S)cc1F. The summed E-state index contributed by atoms with van der Waals surface area (Å²) in [7, 11) is 0. The second kappa shape index (κ2) is 5.82. The Morgan fingerprint density at radius 1 is 1.10 bits per heavy atom. The maximum Gasteiger partial charge on any atom is 0.147 e. The molecule has 4 heteroatoms. The van der Waals surface area contributed by atoms with Gasteiger partial charge in [-0.3, -0.25) is 0 Å². The van der Waals surface area contributed by atoms with Crippen LogP contribution in [0.2, 0.25) is 0 Å². The molecule has 0 aliphatic rings. The van der Waals surface area contributed by atoms with Crippen LogP contribution < -0.4 is 11.1 Å². The fourth-order valence-corrected chi connectivity index (χ4v) is 2.29. The molecule has 21 heavy (non-hydrogen) atoms. The number of nitrogens with one attached hydrogen (secondary N) is 1. The van der Waals surface area contributed by atoms with Crippen molar-refractivity contribution in [2.45, 2.75) is 26.2 Å². The van der Waals surface area contributed by atoms with Gasteiger partial charge < -0.3 is 11.1 Å². The number of hydrogen-bond acceptors (Lipinski definition) is 2. The lowest BCUT2D eigenvalue weighted by Crippen LogP contribution is -2.14. The molecule has 0 spiro atoms. The fraction of sp³-hybridized carbons (Fsp3) is 0.235. The molecule has 0 heterocycles. The maximum atomic E-state index is 14.1. The first-order valence-corrected chi connectivity index (χ1v) is 7.16. The lowest BCUT2D eigenvalue weighted by Gasteiger charge is -2.23. The van der Waals surface area contributed by atoms with Crippen LogP contribution in [0, 0.1) is 5.82 Å². The first-order valence-electron chi connectivity index (χ1n) is 6.75. The van der Waals surface area contributed by atoms with Crippen LogP contribution in [0.4, 0.5) is 15.8 Å². The van der Waals surface area contributed by atoms with E-state index in [1.54, 1.807) is 12.1 Å². The summed E-state index contributed by atoms with van der Waals surface area (Å²) < 4.78 is 14.1. The third-order valence-electron chi connectivity index (χ3n) is 3.26. The van der Waals surface area contributed by atoms with Crippen molar-refractivity contribution in [1.82, 2.24) is 0 Å². The van der Waals surface area contributed by atoms with Crippen LogP contribution in [0.1, 0.15) is 31.9 Å². The summed E-state index contributed by atoms with van der Waals surface area (Å²) in [5.74, 6) is -0.371. The molecular weight excluding hydrogens is 283 g/mol. The molecule has 0 bridgehead atoms. The predicted molar refractivity (Wildman–Crippen MR) is 90.7 cm³/mol. The van der Waals surface area contributed by atoms with Crippen LogP contribution >= 0.6 is 12.2 Å². The normalized spacial score (nSPS) is 11.2. The highest BCUT2D eigenvalue weighted by Gasteiger charge is 2.18. The number of halogens is 1. The molecule has 0 saturated carbocycles. The van der Waals surface area contributed by atoms with Crippen LogP contribution in [-0.4, -0.2) is 4.99 Å². The summed E-state index contributed by atoms with van der Waals surface area (Å²) in [6.07, 6.45) is 0. The smallest absolute Gasteiger partial charge is 0.147 e. The van der Waals surface area contributed by atoms with E-state index < -0.39 is 0 Å². The number of nitrogens with two attached hydrogens (primary N) is 1. The Morgan fingerprint density at radius 2 is 1.76 bits per heavy atom. The fourth-order valence-electron chi connectivity index (χ4n) is 2.16. The molecule has 0 amide bonds. The van der Waals surface area contributed by atoms with Crippen molar-refractivity contribution in [2.75, 3.05) is 5.32 Å². The van der Waals surface area contributed by atoms with Gasteiger partial charge in [-0.05, 0) is 35.2 Å². The van der Waals surface area contributed by atoms with Crippen molar-refractivity contribution < 1.29 is 4.39 Å². The molecule has 110 valence electrons. The van der Waals surface area contributed by atoms with Gasteiger partial charge in [-0.2, -0.15) is 0 Å². The lowest BCUT2D eigenvalue weighted by atomic mass is 9.86. The van der Waals surface area contributed by atoms with E-state index in [2.05, 4.69) is 26.1 Å². The van der Waals surface area contributed by atoms with Gasteiger partial charge in [0.1, 0.15) is 10.8 Å². The topological polar surface area (TPSA) is 38.0 Å². The van der Waals surface area contributed by atoms with Crippen LogP contribution in [-0.2, 0) is 5.41 Å². The molecule has 0 aliphatic heterocycles. The van der Waals surface area contributed by atoms with Crippen molar-refractivity contribution in [3.05, 3.63) is 59.4 Å². The van der Waals surface area contributed by atoms with E-state index in [9.17, 15) is 4.39 Å². The molecular formula is C17H19FN2S. The average molecular weight is 302 g/mol. The van der Waals surface area contributed by atoms with Crippen LogP contribution in [0.3, 0.4) is 0 Å². The molecule has 3 N–H and O–H groups in total. The molecule has 2 aromatic carbocycles. The van der Waals surface area contributed by atoms with Crippen molar-refractivity contribution in [3.8, 4) is 0 Å². The first-order chi connectivity index (χ1) is 9.79. The highest BCUT2D eigenvalue weighted by Crippen LogP contribution is 2.32. The van der Waals surface area contributed by atoms with Crippen molar-refractivity contribution in [1.29, 1.82) is 0 Å². The van der Waals surface area contributed by atoms with E-state index in [0.717, 1.165) is 11.3 Å². The minimum Gasteiger partial charge on any atom is -0.389 e. The second-order valence-corrected chi connectivity index (χ2v) is 6.42. The zero-order valence-corrected chi connectivity index (χ0v) is 13.2. The molecule has 0 aliphatic carbocycles. The summed E-state index contributed by atoms with van der Waals surface area (Å²) >= 11 is 4.85. The molecule has 0 atom stereocenters. The van der Waals surface area contributed by atoms with Gasteiger partial charge in [0.05, 0.1) is 5.69 Å². The third kappa shape index (κ3) is 3.58. The second-order valence-electron chi connectivity index (χ2n) is 5.98. The van der Waals surface area contributed by atoms with Crippen molar-refractivity contribution in [2.24, 2.45) is 5.73 Å². The van der Waals surface area contributed by atoms with Gasteiger partial charge in [-0.1, -0.05) is 51.2 Å². The van der Waals surface area contributed by atoms with Crippen LogP contribution in [0.25, 0.3) is 0 Å². The van der Waals surface area contributed by atoms with Crippen molar-refractivity contribution in [3.63, 3.8) is 0 Å². The predicted octanol–water partition coefficient (Wildman–Crippen LogP) is 4.50. The van der Waals surface area contributed by atoms with Gasteiger partial charge in [-0.25, -0.2) is 4.39 Å². The first kappa shape index (κ1) is 15.4. The van der Waals surface area contributed by atoms with Gasteiger partial charge in [0.15, 0.2) is 0 Å². The summed E-state index contributed by atoms with van der Waals surface area (Å²) in [5.41, 5.74) is 8.44. The summed E-state index contributed by atoms with van der Waals surface area (Å²) in [6.45, 7) is 6.37. The number of anilines is 2. The zero-order chi connectivity index (χ0) is 15.6. The highest BCUT2D eigenvalue weighted by molar-refractivity contribution is 7.80.